The molecule has 0 aliphatic carbocycles. The number of amides is 1. The molecule has 0 unspecified atom stereocenters. The SMILES string of the molecule is NS(=O)(=O)CCNC(=O)c1ccc(C(=O)O)s1. The number of carboxylic acids is 1. The van der Waals surface area contributed by atoms with Crippen LogP contribution in [0.4, 0.5) is 0 Å². The summed E-state index contributed by atoms with van der Waals surface area (Å²) < 4.78 is 21.2. The minimum absolute atomic E-state index is 0.0431. The molecule has 0 aromatic carbocycles. The lowest BCUT2D eigenvalue weighted by atomic mass is 10.4. The van der Waals surface area contributed by atoms with E-state index in [1.54, 1.807) is 0 Å². The molecule has 0 saturated carbocycles. The number of nitrogens with two attached hydrogens (primary N) is 1. The summed E-state index contributed by atoms with van der Waals surface area (Å²) in [4.78, 5) is 22.3. The first-order valence-corrected chi connectivity index (χ1v) is 6.94. The summed E-state index contributed by atoms with van der Waals surface area (Å²) in [6.07, 6.45) is 0. The number of carbonyl (C=O) groups excluding carboxylic acids is 1. The van der Waals surface area contributed by atoms with Gasteiger partial charge in [0.15, 0.2) is 0 Å². The Morgan fingerprint density at radius 1 is 1.35 bits per heavy atom. The average Bonchev–Trinajstić information content (AvgIpc) is 2.63. The van der Waals surface area contributed by atoms with Crippen LogP contribution in [0.3, 0.4) is 0 Å². The van der Waals surface area contributed by atoms with Gasteiger partial charge in [-0.25, -0.2) is 18.4 Å². The molecule has 9 heteroatoms. The fraction of sp³-hybridized carbons (Fsp3) is 0.250. The Morgan fingerprint density at radius 3 is 2.41 bits per heavy atom. The minimum Gasteiger partial charge on any atom is -0.477 e. The van der Waals surface area contributed by atoms with Crippen molar-refractivity contribution in [3.05, 3.63) is 21.9 Å². The van der Waals surface area contributed by atoms with Gasteiger partial charge in [0, 0.05) is 6.54 Å². The number of thiophene rings is 1. The lowest BCUT2D eigenvalue weighted by molar-refractivity contribution is 0.0702. The summed E-state index contributed by atoms with van der Waals surface area (Å²) in [7, 11) is -3.62. The molecule has 0 aliphatic rings. The minimum atomic E-state index is -3.62. The second kappa shape index (κ2) is 5.25. The van der Waals surface area contributed by atoms with Crippen LogP contribution in [-0.4, -0.2) is 37.7 Å². The number of rotatable bonds is 5. The van der Waals surface area contributed by atoms with Gasteiger partial charge in [0.2, 0.25) is 10.0 Å². The molecule has 17 heavy (non-hydrogen) atoms. The fourth-order valence-corrected chi connectivity index (χ4v) is 2.12. The van der Waals surface area contributed by atoms with Crippen molar-refractivity contribution in [1.29, 1.82) is 0 Å². The molecule has 1 rings (SSSR count). The third-order valence-electron chi connectivity index (χ3n) is 1.71. The molecule has 0 radical (unpaired) electrons. The molecule has 0 aliphatic heterocycles. The molecular formula is C8H10N2O5S2. The largest absolute Gasteiger partial charge is 0.477 e. The Balaban J connectivity index is 2.55. The predicted octanol–water partition coefficient (Wildman–Crippen LogP) is -0.535. The van der Waals surface area contributed by atoms with Gasteiger partial charge in [-0.15, -0.1) is 11.3 Å². The smallest absolute Gasteiger partial charge is 0.345 e. The van der Waals surface area contributed by atoms with Crippen molar-refractivity contribution in [2.45, 2.75) is 0 Å². The third kappa shape index (κ3) is 4.51. The molecule has 1 amide bonds. The lowest BCUT2D eigenvalue weighted by Gasteiger charge is -2.01. The first kappa shape index (κ1) is 13.6. The second-order valence-corrected chi connectivity index (χ2v) is 5.91. The summed E-state index contributed by atoms with van der Waals surface area (Å²) >= 11 is 0.815. The van der Waals surface area contributed by atoms with Gasteiger partial charge in [-0.05, 0) is 12.1 Å². The van der Waals surface area contributed by atoms with Gasteiger partial charge in [0.1, 0.15) is 4.88 Å². The van der Waals surface area contributed by atoms with Crippen molar-refractivity contribution in [3.63, 3.8) is 0 Å². The maximum absolute atomic E-state index is 11.4. The highest BCUT2D eigenvalue weighted by Crippen LogP contribution is 2.15. The number of carboxylic acid groups (broad SMARTS) is 1. The van der Waals surface area contributed by atoms with Gasteiger partial charge >= 0.3 is 5.97 Å². The maximum atomic E-state index is 11.4. The Kier molecular flexibility index (Phi) is 4.21. The summed E-state index contributed by atoms with van der Waals surface area (Å²) in [5.74, 6) is -2.00. The van der Waals surface area contributed by atoms with E-state index in [0.717, 1.165) is 11.3 Å². The summed E-state index contributed by atoms with van der Waals surface area (Å²) in [5, 5.41) is 15.7. The van der Waals surface area contributed by atoms with E-state index in [9.17, 15) is 18.0 Å². The van der Waals surface area contributed by atoms with Gasteiger partial charge < -0.3 is 10.4 Å². The number of hydrogen-bond acceptors (Lipinski definition) is 5. The zero-order valence-corrected chi connectivity index (χ0v) is 10.2. The zero-order valence-electron chi connectivity index (χ0n) is 8.54. The first-order valence-electron chi connectivity index (χ1n) is 4.41. The number of nitrogens with one attached hydrogen (secondary N) is 1. The average molecular weight is 278 g/mol. The number of carbonyl (C=O) groups is 2. The molecule has 7 nitrogen and oxygen atoms in total. The van der Waals surface area contributed by atoms with Crippen LogP contribution in [0.15, 0.2) is 12.1 Å². The normalized spacial score (nSPS) is 11.1. The molecule has 1 aromatic heterocycles. The van der Waals surface area contributed by atoms with E-state index < -0.39 is 21.9 Å². The predicted molar refractivity (Wildman–Crippen MR) is 61.6 cm³/mol. The fourth-order valence-electron chi connectivity index (χ4n) is 0.969. The highest BCUT2D eigenvalue weighted by molar-refractivity contribution is 7.89. The van der Waals surface area contributed by atoms with Crippen LogP contribution in [0.2, 0.25) is 0 Å². The number of hydrogen-bond donors (Lipinski definition) is 3. The molecule has 0 atom stereocenters. The highest BCUT2D eigenvalue weighted by Gasteiger charge is 2.13. The summed E-state index contributed by atoms with van der Waals surface area (Å²) in [5.41, 5.74) is 0. The molecule has 0 saturated heterocycles. The van der Waals surface area contributed by atoms with E-state index in [4.69, 9.17) is 10.2 Å². The van der Waals surface area contributed by atoms with Crippen LogP contribution in [0, 0.1) is 0 Å². The van der Waals surface area contributed by atoms with Crippen LogP contribution in [0.25, 0.3) is 0 Å². The van der Waals surface area contributed by atoms with Gasteiger partial charge in [-0.3, -0.25) is 4.79 Å². The van der Waals surface area contributed by atoms with Crippen molar-refractivity contribution in [1.82, 2.24) is 5.32 Å². The molecule has 4 N–H and O–H groups in total. The van der Waals surface area contributed by atoms with Crippen molar-refractivity contribution in [2.75, 3.05) is 12.3 Å². The maximum Gasteiger partial charge on any atom is 0.345 e. The number of aromatic carboxylic acids is 1. The Bertz CT molecular complexity index is 534. The topological polar surface area (TPSA) is 127 Å². The monoisotopic (exact) mass is 278 g/mol. The second-order valence-electron chi connectivity index (χ2n) is 3.09. The molecule has 0 fully saturated rings. The van der Waals surface area contributed by atoms with Gasteiger partial charge in [-0.2, -0.15) is 0 Å². The lowest BCUT2D eigenvalue weighted by Crippen LogP contribution is -2.31. The molecule has 0 bridgehead atoms. The van der Waals surface area contributed by atoms with Gasteiger partial charge in [0.05, 0.1) is 10.6 Å². The van der Waals surface area contributed by atoms with Crippen LogP contribution < -0.4 is 10.5 Å². The Hall–Kier alpha value is -1.45. The first-order chi connectivity index (χ1) is 7.79. The van der Waals surface area contributed by atoms with E-state index in [0.29, 0.717) is 0 Å². The van der Waals surface area contributed by atoms with Crippen molar-refractivity contribution < 1.29 is 23.1 Å². The van der Waals surface area contributed by atoms with Gasteiger partial charge in [0.25, 0.3) is 5.91 Å². The molecule has 94 valence electrons. The Labute approximate surface area is 101 Å². The third-order valence-corrected chi connectivity index (χ3v) is 3.56. The van der Waals surface area contributed by atoms with E-state index in [1.165, 1.54) is 12.1 Å². The Morgan fingerprint density at radius 2 is 1.94 bits per heavy atom. The molecular weight excluding hydrogens is 268 g/mol. The highest BCUT2D eigenvalue weighted by atomic mass is 32.2. The van der Waals surface area contributed by atoms with Crippen molar-refractivity contribution >= 4 is 33.2 Å². The number of primary sulfonamides is 1. The van der Waals surface area contributed by atoms with Crippen LogP contribution in [-0.2, 0) is 10.0 Å². The summed E-state index contributed by atoms with van der Waals surface area (Å²) in [6.45, 7) is -0.113. The van der Waals surface area contributed by atoms with Gasteiger partial charge in [-0.1, -0.05) is 0 Å². The van der Waals surface area contributed by atoms with Crippen molar-refractivity contribution in [3.8, 4) is 0 Å². The van der Waals surface area contributed by atoms with Crippen LogP contribution in [0.5, 0.6) is 0 Å². The standard InChI is InChI=1S/C8H10N2O5S2/c9-17(14,15)4-3-10-7(11)5-1-2-6(16-5)8(12)13/h1-2H,3-4H2,(H,10,11)(H,12,13)(H2,9,14,15). The molecule has 1 aromatic rings. The van der Waals surface area contributed by atoms with E-state index in [1.807, 2.05) is 0 Å². The van der Waals surface area contributed by atoms with E-state index in [2.05, 4.69) is 5.32 Å². The van der Waals surface area contributed by atoms with Crippen molar-refractivity contribution in [2.24, 2.45) is 5.14 Å². The van der Waals surface area contributed by atoms with E-state index in [-0.39, 0.29) is 22.1 Å². The van der Waals surface area contributed by atoms with Crippen LogP contribution in [0.1, 0.15) is 19.3 Å². The molecule has 1 heterocycles. The zero-order chi connectivity index (χ0) is 13.1. The number of sulfonamides is 1. The van der Waals surface area contributed by atoms with Crippen LogP contribution >= 0.6 is 11.3 Å². The van der Waals surface area contributed by atoms with E-state index >= 15 is 0 Å². The molecule has 0 spiro atoms. The summed E-state index contributed by atoms with van der Waals surface area (Å²) in [6, 6.07) is 2.67. The quantitative estimate of drug-likeness (QED) is 0.667.